The van der Waals surface area contributed by atoms with Crippen LogP contribution in [0.3, 0.4) is 0 Å². The molecule has 0 radical (unpaired) electrons. The van der Waals surface area contributed by atoms with Crippen LogP contribution in [0, 0.1) is 5.41 Å². The molecule has 2 N–H and O–H groups in total. The maximum atomic E-state index is 12.7. The quantitative estimate of drug-likeness (QED) is 0.751. The third-order valence-corrected chi connectivity index (χ3v) is 7.83. The maximum absolute atomic E-state index is 12.7. The second-order valence-corrected chi connectivity index (χ2v) is 9.94. The van der Waals surface area contributed by atoms with Gasteiger partial charge in [-0.05, 0) is 37.6 Å². The van der Waals surface area contributed by atoms with E-state index in [0.717, 1.165) is 73.9 Å². The van der Waals surface area contributed by atoms with Gasteiger partial charge >= 0.3 is 0 Å². The zero-order valence-electron chi connectivity index (χ0n) is 19.2. The van der Waals surface area contributed by atoms with E-state index in [0.29, 0.717) is 12.4 Å². The van der Waals surface area contributed by atoms with Crippen LogP contribution in [0.15, 0.2) is 30.1 Å². The summed E-state index contributed by atoms with van der Waals surface area (Å²) in [6.45, 7) is 4.91. The van der Waals surface area contributed by atoms with Gasteiger partial charge in [0.2, 0.25) is 11.9 Å². The molecule has 1 spiro atoms. The van der Waals surface area contributed by atoms with Crippen LogP contribution in [0.2, 0.25) is 0 Å². The normalized spacial score (nSPS) is 22.2. The smallest absolute Gasteiger partial charge is 0.247 e. The summed E-state index contributed by atoms with van der Waals surface area (Å²) >= 11 is 0. The number of hydrogen-bond acceptors (Lipinski definition) is 7. The highest BCUT2D eigenvalue weighted by molar-refractivity contribution is 6.06. The molecule has 1 amide bonds. The summed E-state index contributed by atoms with van der Waals surface area (Å²) < 4.78 is 0. The van der Waals surface area contributed by atoms with E-state index in [-0.39, 0.29) is 11.3 Å². The number of carbonyl (C=O) groups excluding carboxylic acids is 1. The highest BCUT2D eigenvalue weighted by Crippen LogP contribution is 2.52. The molecule has 2 aromatic heterocycles. The number of carbonyl (C=O) groups is 1. The Morgan fingerprint density at radius 2 is 1.85 bits per heavy atom. The molecular weight excluding hydrogens is 414 g/mol. The van der Waals surface area contributed by atoms with Crippen LogP contribution in [0.5, 0.6) is 0 Å². The van der Waals surface area contributed by atoms with Gasteiger partial charge < -0.3 is 20.4 Å². The zero-order valence-corrected chi connectivity index (χ0v) is 19.2. The van der Waals surface area contributed by atoms with E-state index < -0.39 is 0 Å². The lowest BCUT2D eigenvalue weighted by molar-refractivity contribution is -0.118. The molecule has 4 heterocycles. The van der Waals surface area contributed by atoms with E-state index in [9.17, 15) is 4.79 Å². The van der Waals surface area contributed by atoms with Crippen molar-refractivity contribution < 1.29 is 4.79 Å². The molecule has 33 heavy (non-hydrogen) atoms. The molecule has 1 saturated carbocycles. The van der Waals surface area contributed by atoms with Crippen molar-refractivity contribution in [3.8, 4) is 0 Å². The third-order valence-electron chi connectivity index (χ3n) is 7.83. The molecule has 2 aliphatic heterocycles. The third kappa shape index (κ3) is 3.66. The first-order valence-corrected chi connectivity index (χ1v) is 12.2. The number of pyridine rings is 1. The van der Waals surface area contributed by atoms with Gasteiger partial charge in [-0.2, -0.15) is 0 Å². The Morgan fingerprint density at radius 3 is 2.61 bits per heavy atom. The average Bonchev–Trinajstić information content (AvgIpc) is 3.24. The van der Waals surface area contributed by atoms with E-state index in [1.807, 2.05) is 18.5 Å². The Balaban J connectivity index is 1.25. The van der Waals surface area contributed by atoms with Gasteiger partial charge in [0.25, 0.3) is 0 Å². The lowest BCUT2D eigenvalue weighted by Crippen LogP contribution is -2.45. The van der Waals surface area contributed by atoms with Gasteiger partial charge in [-0.1, -0.05) is 19.3 Å². The predicted octanol–water partition coefficient (Wildman–Crippen LogP) is 2.76. The summed E-state index contributed by atoms with van der Waals surface area (Å²) in [5, 5.41) is 6.45. The van der Waals surface area contributed by atoms with Crippen molar-refractivity contribution in [2.75, 3.05) is 50.0 Å². The molecule has 8 heteroatoms. The lowest BCUT2D eigenvalue weighted by Gasteiger charge is -2.42. The Morgan fingerprint density at radius 1 is 1.03 bits per heavy atom. The molecule has 1 saturated heterocycles. The van der Waals surface area contributed by atoms with Crippen LogP contribution in [0.4, 0.5) is 17.5 Å². The maximum Gasteiger partial charge on any atom is 0.247 e. The van der Waals surface area contributed by atoms with Crippen molar-refractivity contribution in [1.82, 2.24) is 25.2 Å². The fourth-order valence-corrected chi connectivity index (χ4v) is 5.93. The lowest BCUT2D eigenvalue weighted by atomic mass is 9.66. The van der Waals surface area contributed by atoms with Crippen molar-refractivity contribution in [3.63, 3.8) is 0 Å². The zero-order chi connectivity index (χ0) is 22.4. The van der Waals surface area contributed by atoms with Gasteiger partial charge in [0.05, 0.1) is 17.6 Å². The van der Waals surface area contributed by atoms with Gasteiger partial charge in [0, 0.05) is 61.9 Å². The monoisotopic (exact) mass is 445 g/mol. The van der Waals surface area contributed by atoms with Gasteiger partial charge in [0.15, 0.2) is 0 Å². The molecule has 0 atom stereocenters. The molecule has 2 fully saturated rings. The highest BCUT2D eigenvalue weighted by atomic mass is 16.1. The summed E-state index contributed by atoms with van der Waals surface area (Å²) in [6, 6.07) is 4.10. The summed E-state index contributed by atoms with van der Waals surface area (Å²) in [5.74, 6) is 1.34. The van der Waals surface area contributed by atoms with Crippen LogP contribution in [0.25, 0.3) is 5.57 Å². The summed E-state index contributed by atoms with van der Waals surface area (Å²) in [6.07, 6.45) is 10.4. The van der Waals surface area contributed by atoms with Crippen LogP contribution >= 0.6 is 0 Å². The second kappa shape index (κ2) is 8.09. The van der Waals surface area contributed by atoms with Crippen LogP contribution in [-0.2, 0) is 11.2 Å². The summed E-state index contributed by atoms with van der Waals surface area (Å²) in [4.78, 5) is 31.5. The predicted molar refractivity (Wildman–Crippen MR) is 128 cm³/mol. The van der Waals surface area contributed by atoms with E-state index in [1.165, 1.54) is 24.8 Å². The van der Waals surface area contributed by atoms with E-state index in [1.54, 1.807) is 0 Å². The minimum absolute atomic E-state index is 0.0285. The van der Waals surface area contributed by atoms with Crippen LogP contribution in [-0.4, -0.2) is 65.5 Å². The molecular formula is C25H31N7O. The first-order valence-electron chi connectivity index (χ1n) is 12.2. The Bertz CT molecular complexity index is 1100. The topological polar surface area (TPSA) is 86.3 Å². The number of likely N-dealkylation sites (N-methyl/N-ethyl adjacent to an activating group) is 1. The number of nitrogens with zero attached hydrogens (tertiary/aromatic N) is 5. The fourth-order valence-electron chi connectivity index (χ4n) is 5.93. The molecule has 2 aromatic rings. The molecule has 2 aliphatic carbocycles. The van der Waals surface area contributed by atoms with Crippen molar-refractivity contribution in [3.05, 3.63) is 41.4 Å². The van der Waals surface area contributed by atoms with Gasteiger partial charge in [-0.15, -0.1) is 0 Å². The van der Waals surface area contributed by atoms with E-state index >= 15 is 0 Å². The first-order chi connectivity index (χ1) is 16.1. The number of nitrogens with one attached hydrogen (secondary N) is 2. The number of fused-ring (bicyclic) bond motifs is 3. The van der Waals surface area contributed by atoms with Crippen molar-refractivity contribution >= 4 is 28.9 Å². The molecule has 0 aromatic carbocycles. The minimum Gasteiger partial charge on any atom is -0.368 e. The number of aromatic nitrogens is 3. The van der Waals surface area contributed by atoms with Gasteiger partial charge in [0.1, 0.15) is 5.82 Å². The van der Waals surface area contributed by atoms with Crippen molar-refractivity contribution in [1.29, 1.82) is 0 Å². The largest absolute Gasteiger partial charge is 0.368 e. The summed E-state index contributed by atoms with van der Waals surface area (Å²) in [7, 11) is 2.16. The Labute approximate surface area is 194 Å². The molecule has 0 unspecified atom stereocenters. The van der Waals surface area contributed by atoms with Gasteiger partial charge in [-0.3, -0.25) is 4.79 Å². The highest BCUT2D eigenvalue weighted by Gasteiger charge is 2.46. The number of anilines is 3. The van der Waals surface area contributed by atoms with Crippen LogP contribution in [0.1, 0.15) is 43.4 Å². The SMILES string of the molecule is CN1CCN(c2ccc(Nc3ncc4c(n3)C3=C(C4)C(=O)NCC34CCCCC4)nc2)CC1. The number of amides is 1. The molecule has 8 nitrogen and oxygen atoms in total. The molecule has 4 aliphatic rings. The Kier molecular flexibility index (Phi) is 5.05. The number of rotatable bonds is 3. The Hall–Kier alpha value is -3.00. The summed E-state index contributed by atoms with van der Waals surface area (Å²) in [5.41, 5.74) is 5.29. The fraction of sp³-hybridized carbons (Fsp3) is 0.520. The molecule has 0 bridgehead atoms. The molecule has 172 valence electrons. The van der Waals surface area contributed by atoms with Crippen LogP contribution < -0.4 is 15.5 Å². The van der Waals surface area contributed by atoms with E-state index in [2.05, 4.69) is 43.5 Å². The van der Waals surface area contributed by atoms with E-state index in [4.69, 9.17) is 4.98 Å². The van der Waals surface area contributed by atoms with Crippen molar-refractivity contribution in [2.45, 2.75) is 38.5 Å². The second-order valence-electron chi connectivity index (χ2n) is 9.94. The minimum atomic E-state index is 0.0285. The number of piperazine rings is 1. The average molecular weight is 446 g/mol. The molecule has 6 rings (SSSR count). The number of hydrogen-bond donors (Lipinski definition) is 2. The first kappa shape index (κ1) is 20.6. The standard InChI is InChI=1S/C25H31N7O/c1-31-9-11-32(12-10-31)18-5-6-20(26-15-18)29-24-27-14-17-13-19-21(22(17)30-24)25(16-28-23(19)33)7-3-2-4-8-25/h5-6,14-15H,2-4,7-13,16H2,1H3,(H,28,33)(H,26,27,29,30). The van der Waals surface area contributed by atoms with Crippen molar-refractivity contribution in [2.24, 2.45) is 5.41 Å². The van der Waals surface area contributed by atoms with Gasteiger partial charge in [-0.25, -0.2) is 15.0 Å².